The first kappa shape index (κ1) is 20.6. The van der Waals surface area contributed by atoms with Crippen LogP contribution in [0.2, 0.25) is 5.02 Å². The molecule has 6 nitrogen and oxygen atoms in total. The number of nitrogens with zero attached hydrogens (tertiary/aromatic N) is 2. The molecule has 3 aromatic carbocycles. The molecule has 1 heterocycles. The Morgan fingerprint density at radius 2 is 1.94 bits per heavy atom. The zero-order valence-corrected chi connectivity index (χ0v) is 17.8. The number of carbonyl (C=O) groups is 1. The number of ether oxygens (including phenoxy) is 1. The van der Waals surface area contributed by atoms with E-state index >= 15 is 0 Å². The normalized spacial score (nSPS) is 11.3. The van der Waals surface area contributed by atoms with Crippen molar-refractivity contribution in [3.63, 3.8) is 0 Å². The molecule has 156 valence electrons. The monoisotopic (exact) mass is 433 g/mol. The Bertz CT molecular complexity index is 1360. The molecule has 1 aromatic heterocycles. The maximum absolute atomic E-state index is 13.1. The Morgan fingerprint density at radius 3 is 2.74 bits per heavy atom. The summed E-state index contributed by atoms with van der Waals surface area (Å²) in [6.07, 6.45) is 1.49. The zero-order chi connectivity index (χ0) is 22.0. The molecule has 0 aliphatic carbocycles. The minimum Gasteiger partial charge on any atom is -0.462 e. The molecule has 4 aromatic rings. The van der Waals surface area contributed by atoms with Crippen LogP contribution in [-0.2, 0) is 4.74 Å². The van der Waals surface area contributed by atoms with E-state index in [2.05, 4.69) is 10.1 Å². The molecular weight excluding hydrogens is 414 g/mol. The number of nitrogens with one attached hydrogen (secondary N) is 1. The highest BCUT2D eigenvalue weighted by Crippen LogP contribution is 2.24. The van der Waals surface area contributed by atoms with Gasteiger partial charge in [-0.15, -0.1) is 0 Å². The minimum absolute atomic E-state index is 0.211. The van der Waals surface area contributed by atoms with Crippen molar-refractivity contribution in [1.82, 2.24) is 9.78 Å². The molecule has 0 amide bonds. The van der Waals surface area contributed by atoms with Gasteiger partial charge >= 0.3 is 5.97 Å². The van der Waals surface area contributed by atoms with E-state index in [0.29, 0.717) is 16.9 Å². The van der Waals surface area contributed by atoms with Gasteiger partial charge in [-0.05, 0) is 43.5 Å². The van der Waals surface area contributed by atoms with Gasteiger partial charge in [-0.2, -0.15) is 0 Å². The largest absolute Gasteiger partial charge is 0.462 e. The van der Waals surface area contributed by atoms with Crippen molar-refractivity contribution in [3.05, 3.63) is 92.9 Å². The van der Waals surface area contributed by atoms with Crippen molar-refractivity contribution in [2.75, 3.05) is 6.61 Å². The molecule has 0 aliphatic heterocycles. The second kappa shape index (κ2) is 8.62. The summed E-state index contributed by atoms with van der Waals surface area (Å²) in [5.41, 5.74) is 2.39. The summed E-state index contributed by atoms with van der Waals surface area (Å²) in [5, 5.41) is 5.43. The lowest BCUT2D eigenvalue weighted by Crippen LogP contribution is -2.17. The van der Waals surface area contributed by atoms with Crippen LogP contribution in [0, 0.1) is 6.92 Å². The Kier molecular flexibility index (Phi) is 5.73. The van der Waals surface area contributed by atoms with Gasteiger partial charge in [-0.25, -0.2) is 9.48 Å². The highest BCUT2D eigenvalue weighted by atomic mass is 35.5. The molecule has 0 aliphatic rings. The molecule has 0 saturated heterocycles. The number of rotatable bonds is 5. The third kappa shape index (κ3) is 4.02. The third-order valence-corrected chi connectivity index (χ3v) is 5.24. The van der Waals surface area contributed by atoms with Gasteiger partial charge in [0.15, 0.2) is 0 Å². The highest BCUT2D eigenvalue weighted by molar-refractivity contribution is 6.33. The fraction of sp³-hybridized carbons (Fsp3) is 0.125. The maximum atomic E-state index is 13.1. The van der Waals surface area contributed by atoms with Gasteiger partial charge in [0.05, 0.1) is 34.1 Å². The van der Waals surface area contributed by atoms with Crippen LogP contribution < -0.4 is 5.56 Å². The molecule has 0 bridgehead atoms. The SMILES string of the molecule is CCOC(=O)c1cc(N=Cc2c(C)[nH]n(-c3cccc4ccccc34)c2=O)ccc1Cl. The lowest BCUT2D eigenvalue weighted by molar-refractivity contribution is 0.0526. The molecule has 0 unspecified atom stereocenters. The van der Waals surface area contributed by atoms with Crippen LogP contribution in [-0.4, -0.2) is 28.6 Å². The standard InChI is InChI=1S/C24H20ClN3O3/c1-3-31-24(30)19-13-17(11-12-21(19)25)26-14-20-15(2)27-28(23(20)29)22-10-6-8-16-7-4-5-9-18(16)22/h4-14,27H,3H2,1-2H3. The Labute approximate surface area is 183 Å². The van der Waals surface area contributed by atoms with Gasteiger partial charge < -0.3 is 4.74 Å². The Balaban J connectivity index is 1.72. The summed E-state index contributed by atoms with van der Waals surface area (Å²) in [6.45, 7) is 3.79. The third-order valence-electron chi connectivity index (χ3n) is 4.91. The number of benzene rings is 3. The van der Waals surface area contributed by atoms with E-state index in [4.69, 9.17) is 16.3 Å². The van der Waals surface area contributed by atoms with E-state index < -0.39 is 5.97 Å². The molecular formula is C24H20ClN3O3. The van der Waals surface area contributed by atoms with Crippen molar-refractivity contribution in [2.45, 2.75) is 13.8 Å². The molecule has 0 atom stereocenters. The van der Waals surface area contributed by atoms with Gasteiger partial charge in [0, 0.05) is 17.3 Å². The van der Waals surface area contributed by atoms with Crippen molar-refractivity contribution >= 4 is 40.2 Å². The molecule has 31 heavy (non-hydrogen) atoms. The average molecular weight is 434 g/mol. The number of fused-ring (bicyclic) bond motifs is 1. The summed E-state index contributed by atoms with van der Waals surface area (Å²) in [5.74, 6) is -0.513. The van der Waals surface area contributed by atoms with Crippen LogP contribution in [0.25, 0.3) is 16.5 Å². The molecule has 7 heteroatoms. The van der Waals surface area contributed by atoms with E-state index in [9.17, 15) is 9.59 Å². The molecule has 0 saturated carbocycles. The number of aromatic nitrogens is 2. The zero-order valence-electron chi connectivity index (χ0n) is 17.1. The first-order chi connectivity index (χ1) is 15.0. The van der Waals surface area contributed by atoms with Gasteiger partial charge in [0.25, 0.3) is 5.56 Å². The Hall–Kier alpha value is -3.64. The van der Waals surface area contributed by atoms with Crippen LogP contribution in [0.3, 0.4) is 0 Å². The van der Waals surface area contributed by atoms with Crippen LogP contribution >= 0.6 is 11.6 Å². The summed E-state index contributed by atoms with van der Waals surface area (Å²) < 4.78 is 6.54. The number of aromatic amines is 1. The number of esters is 1. The van der Waals surface area contributed by atoms with Crippen molar-refractivity contribution in [1.29, 1.82) is 0 Å². The van der Waals surface area contributed by atoms with Crippen LogP contribution in [0.1, 0.15) is 28.5 Å². The summed E-state index contributed by atoms with van der Waals surface area (Å²) >= 11 is 6.10. The van der Waals surface area contributed by atoms with Crippen LogP contribution in [0.4, 0.5) is 5.69 Å². The van der Waals surface area contributed by atoms with Crippen molar-refractivity contribution < 1.29 is 9.53 Å². The predicted molar refractivity (Wildman–Crippen MR) is 123 cm³/mol. The van der Waals surface area contributed by atoms with E-state index in [-0.39, 0.29) is 22.8 Å². The van der Waals surface area contributed by atoms with Crippen molar-refractivity contribution in [2.24, 2.45) is 4.99 Å². The summed E-state index contributed by atoms with van der Waals surface area (Å²) in [4.78, 5) is 29.6. The maximum Gasteiger partial charge on any atom is 0.339 e. The van der Waals surface area contributed by atoms with Gasteiger partial charge in [0.1, 0.15) is 0 Å². The van der Waals surface area contributed by atoms with E-state index in [1.807, 2.05) is 49.4 Å². The fourth-order valence-corrected chi connectivity index (χ4v) is 3.58. The second-order valence-electron chi connectivity index (χ2n) is 6.93. The van der Waals surface area contributed by atoms with Crippen LogP contribution in [0.15, 0.2) is 70.5 Å². The van der Waals surface area contributed by atoms with E-state index in [1.54, 1.807) is 25.1 Å². The van der Waals surface area contributed by atoms with Crippen molar-refractivity contribution in [3.8, 4) is 5.69 Å². The average Bonchev–Trinajstić information content (AvgIpc) is 3.06. The number of halogens is 1. The second-order valence-corrected chi connectivity index (χ2v) is 7.34. The lowest BCUT2D eigenvalue weighted by Gasteiger charge is -2.06. The van der Waals surface area contributed by atoms with Gasteiger partial charge in [-0.1, -0.05) is 48.0 Å². The highest BCUT2D eigenvalue weighted by Gasteiger charge is 2.14. The number of H-pyrrole nitrogens is 1. The predicted octanol–water partition coefficient (Wildman–Crippen LogP) is 5.21. The molecule has 0 radical (unpaired) electrons. The lowest BCUT2D eigenvalue weighted by atomic mass is 10.1. The molecule has 0 fully saturated rings. The number of carbonyl (C=O) groups excluding carboxylic acids is 1. The number of hydrogen-bond acceptors (Lipinski definition) is 4. The molecule has 1 N–H and O–H groups in total. The topological polar surface area (TPSA) is 76.4 Å². The van der Waals surface area contributed by atoms with E-state index in [1.165, 1.54) is 10.9 Å². The number of aliphatic imine (C=N–C) groups is 1. The quantitative estimate of drug-likeness (QED) is 0.347. The van der Waals surface area contributed by atoms with Gasteiger partial charge in [0.2, 0.25) is 0 Å². The van der Waals surface area contributed by atoms with E-state index in [0.717, 1.165) is 16.5 Å². The minimum atomic E-state index is -0.513. The fourth-order valence-electron chi connectivity index (χ4n) is 3.38. The smallest absolute Gasteiger partial charge is 0.339 e. The molecule has 0 spiro atoms. The first-order valence-electron chi connectivity index (χ1n) is 9.80. The Morgan fingerprint density at radius 1 is 1.16 bits per heavy atom. The summed E-state index contributed by atoms with van der Waals surface area (Å²) in [6, 6.07) is 18.5. The van der Waals surface area contributed by atoms with Gasteiger partial charge in [-0.3, -0.25) is 14.9 Å². The number of aryl methyl sites for hydroxylation is 1. The number of hydrogen-bond donors (Lipinski definition) is 1. The molecule has 4 rings (SSSR count). The van der Waals surface area contributed by atoms with Crippen LogP contribution in [0.5, 0.6) is 0 Å². The first-order valence-corrected chi connectivity index (χ1v) is 10.2. The summed E-state index contributed by atoms with van der Waals surface area (Å²) in [7, 11) is 0.